The van der Waals surface area contributed by atoms with E-state index < -0.39 is 6.03 Å². The second-order valence-corrected chi connectivity index (χ2v) is 7.18. The van der Waals surface area contributed by atoms with E-state index in [4.69, 9.17) is 23.2 Å². The van der Waals surface area contributed by atoms with E-state index >= 15 is 0 Å². The highest BCUT2D eigenvalue weighted by Gasteiger charge is 2.07. The molecule has 0 aliphatic rings. The third kappa shape index (κ3) is 5.08. The summed E-state index contributed by atoms with van der Waals surface area (Å²) >= 11 is 11.9. The molecule has 0 radical (unpaired) electrons. The highest BCUT2D eigenvalue weighted by atomic mass is 35.5. The van der Waals surface area contributed by atoms with Gasteiger partial charge < -0.3 is 20.9 Å². The first-order valence-electron chi connectivity index (χ1n) is 8.92. The number of aromatic amines is 1. The number of hydrogen-bond acceptors (Lipinski definition) is 4. The summed E-state index contributed by atoms with van der Waals surface area (Å²) in [7, 11) is 0. The Kier molecular flexibility index (Phi) is 5.83. The number of carbonyl (C=O) groups excluding carboxylic acids is 1. The number of urea groups is 1. The average Bonchev–Trinajstić information content (AvgIpc) is 3.22. The molecule has 2 heterocycles. The second kappa shape index (κ2) is 8.86. The number of benzene rings is 2. The standard InChI is InChI=1S/C21H16Cl2N6O/c22-14-8-15(23)10-18(9-14)28-21(30)27-17-3-1-2-16(11-17)26-20-25-7-5-19(29-20)13-4-6-24-12-13/h1-12,24H,(H,25,26,29)(H2,27,28,30). The molecule has 0 saturated carbocycles. The van der Waals surface area contributed by atoms with Gasteiger partial charge >= 0.3 is 6.03 Å². The van der Waals surface area contributed by atoms with Crippen LogP contribution < -0.4 is 16.0 Å². The Bertz CT molecular complexity index is 1160. The Morgan fingerprint density at radius 2 is 1.67 bits per heavy atom. The molecule has 9 heteroatoms. The van der Waals surface area contributed by atoms with Crippen LogP contribution in [0.2, 0.25) is 10.0 Å². The first-order valence-corrected chi connectivity index (χ1v) is 9.68. The van der Waals surface area contributed by atoms with Crippen LogP contribution in [-0.2, 0) is 0 Å². The van der Waals surface area contributed by atoms with Crippen LogP contribution in [0, 0.1) is 0 Å². The van der Waals surface area contributed by atoms with Gasteiger partial charge in [0.1, 0.15) is 0 Å². The second-order valence-electron chi connectivity index (χ2n) is 6.31. The number of halogens is 2. The summed E-state index contributed by atoms with van der Waals surface area (Å²) in [5, 5.41) is 9.48. The monoisotopic (exact) mass is 438 g/mol. The van der Waals surface area contributed by atoms with Gasteiger partial charge in [-0.3, -0.25) is 0 Å². The summed E-state index contributed by atoms with van der Waals surface area (Å²) in [6, 6.07) is 15.4. The molecule has 0 fully saturated rings. The van der Waals surface area contributed by atoms with E-state index in [0.717, 1.165) is 16.9 Å². The zero-order chi connectivity index (χ0) is 20.9. The van der Waals surface area contributed by atoms with Crippen LogP contribution in [-0.4, -0.2) is 21.0 Å². The maximum atomic E-state index is 12.3. The van der Waals surface area contributed by atoms with Gasteiger partial charge in [0.2, 0.25) is 5.95 Å². The van der Waals surface area contributed by atoms with Gasteiger partial charge in [-0.15, -0.1) is 0 Å². The molecule has 0 spiro atoms. The van der Waals surface area contributed by atoms with E-state index in [-0.39, 0.29) is 0 Å². The molecule has 4 N–H and O–H groups in total. The van der Waals surface area contributed by atoms with Gasteiger partial charge in [0, 0.05) is 51.3 Å². The molecule has 0 bridgehead atoms. The van der Waals surface area contributed by atoms with Crippen molar-refractivity contribution in [2.75, 3.05) is 16.0 Å². The van der Waals surface area contributed by atoms with Gasteiger partial charge in [0.05, 0.1) is 5.69 Å². The number of anilines is 4. The maximum absolute atomic E-state index is 12.3. The molecule has 0 saturated heterocycles. The number of amides is 2. The molecule has 0 atom stereocenters. The molecule has 30 heavy (non-hydrogen) atoms. The summed E-state index contributed by atoms with van der Waals surface area (Å²) in [5.74, 6) is 0.448. The van der Waals surface area contributed by atoms with Crippen molar-refractivity contribution in [2.45, 2.75) is 0 Å². The number of nitrogens with one attached hydrogen (secondary N) is 4. The van der Waals surface area contributed by atoms with Gasteiger partial charge in [-0.1, -0.05) is 29.3 Å². The van der Waals surface area contributed by atoms with Crippen LogP contribution in [0.4, 0.5) is 27.8 Å². The van der Waals surface area contributed by atoms with Gasteiger partial charge in [-0.05, 0) is 48.5 Å². The Labute approximate surface area is 182 Å². The fourth-order valence-corrected chi connectivity index (χ4v) is 3.31. The zero-order valence-electron chi connectivity index (χ0n) is 15.5. The van der Waals surface area contributed by atoms with Crippen LogP contribution >= 0.6 is 23.2 Å². The Balaban J connectivity index is 1.44. The fraction of sp³-hybridized carbons (Fsp3) is 0. The molecule has 2 aromatic carbocycles. The largest absolute Gasteiger partial charge is 0.367 e. The molecule has 7 nitrogen and oxygen atoms in total. The lowest BCUT2D eigenvalue weighted by Crippen LogP contribution is -2.19. The topological polar surface area (TPSA) is 94.7 Å². The number of H-pyrrole nitrogens is 1. The van der Waals surface area contributed by atoms with Gasteiger partial charge in [0.15, 0.2) is 0 Å². The Morgan fingerprint density at radius 1 is 0.900 bits per heavy atom. The lowest BCUT2D eigenvalue weighted by atomic mass is 10.2. The minimum Gasteiger partial charge on any atom is -0.367 e. The smallest absolute Gasteiger partial charge is 0.323 e. The molecule has 0 unspecified atom stereocenters. The average molecular weight is 439 g/mol. The van der Waals surface area contributed by atoms with Crippen molar-refractivity contribution in [2.24, 2.45) is 0 Å². The van der Waals surface area contributed by atoms with Crippen LogP contribution in [0.5, 0.6) is 0 Å². The molecule has 4 rings (SSSR count). The zero-order valence-corrected chi connectivity index (χ0v) is 17.0. The van der Waals surface area contributed by atoms with Gasteiger partial charge in [-0.2, -0.15) is 0 Å². The lowest BCUT2D eigenvalue weighted by molar-refractivity contribution is 0.262. The van der Waals surface area contributed by atoms with E-state index in [0.29, 0.717) is 27.4 Å². The van der Waals surface area contributed by atoms with Crippen molar-refractivity contribution in [3.63, 3.8) is 0 Å². The SMILES string of the molecule is O=C(Nc1cc(Cl)cc(Cl)c1)Nc1cccc(Nc2nccc(-c3cc[nH]c3)n2)c1. The summed E-state index contributed by atoms with van der Waals surface area (Å²) in [5.41, 5.74) is 3.57. The van der Waals surface area contributed by atoms with Crippen LogP contribution in [0.25, 0.3) is 11.3 Å². The van der Waals surface area contributed by atoms with Crippen LogP contribution in [0.3, 0.4) is 0 Å². The molecule has 0 aliphatic heterocycles. The van der Waals surface area contributed by atoms with Crippen molar-refractivity contribution in [3.8, 4) is 11.3 Å². The summed E-state index contributed by atoms with van der Waals surface area (Å²) in [6.45, 7) is 0. The number of nitrogens with zero attached hydrogens (tertiary/aromatic N) is 2. The minimum absolute atomic E-state index is 0.420. The van der Waals surface area contributed by atoms with E-state index in [9.17, 15) is 4.79 Å². The summed E-state index contributed by atoms with van der Waals surface area (Å²) < 4.78 is 0. The lowest BCUT2D eigenvalue weighted by Gasteiger charge is -2.10. The fourth-order valence-electron chi connectivity index (χ4n) is 2.79. The summed E-state index contributed by atoms with van der Waals surface area (Å²) in [4.78, 5) is 24.1. The van der Waals surface area contributed by atoms with Gasteiger partial charge in [0.25, 0.3) is 0 Å². The molecule has 2 amide bonds. The first-order chi connectivity index (χ1) is 14.5. The number of hydrogen-bond donors (Lipinski definition) is 4. The molecule has 4 aromatic rings. The molecular formula is C21H16Cl2N6O. The quantitative estimate of drug-likeness (QED) is 0.299. The van der Waals surface area contributed by atoms with Crippen molar-refractivity contribution in [3.05, 3.63) is 83.2 Å². The predicted octanol–water partition coefficient (Wildman–Crippen LogP) is 6.17. The molecule has 0 aliphatic carbocycles. The third-order valence-corrected chi connectivity index (χ3v) is 4.48. The minimum atomic E-state index is -0.420. The molecular weight excluding hydrogens is 423 g/mol. The number of rotatable bonds is 5. The van der Waals surface area contributed by atoms with Crippen molar-refractivity contribution >= 4 is 52.2 Å². The van der Waals surface area contributed by atoms with E-state index in [1.807, 2.05) is 36.7 Å². The molecule has 2 aromatic heterocycles. The van der Waals surface area contributed by atoms with E-state index in [1.54, 1.807) is 36.5 Å². The van der Waals surface area contributed by atoms with Crippen LogP contribution in [0.1, 0.15) is 0 Å². The Hall–Kier alpha value is -3.55. The third-order valence-electron chi connectivity index (χ3n) is 4.05. The number of carbonyl (C=O) groups is 1. The van der Waals surface area contributed by atoms with Crippen molar-refractivity contribution in [1.82, 2.24) is 15.0 Å². The van der Waals surface area contributed by atoms with Crippen molar-refractivity contribution in [1.29, 1.82) is 0 Å². The Morgan fingerprint density at radius 3 is 2.43 bits per heavy atom. The van der Waals surface area contributed by atoms with E-state index in [2.05, 4.69) is 30.9 Å². The van der Waals surface area contributed by atoms with Crippen LogP contribution in [0.15, 0.2) is 73.2 Å². The highest BCUT2D eigenvalue weighted by molar-refractivity contribution is 6.35. The van der Waals surface area contributed by atoms with Crippen molar-refractivity contribution < 1.29 is 4.79 Å². The molecule has 150 valence electrons. The first kappa shape index (κ1) is 19.8. The number of aromatic nitrogens is 3. The highest BCUT2D eigenvalue weighted by Crippen LogP contribution is 2.24. The van der Waals surface area contributed by atoms with Gasteiger partial charge in [-0.25, -0.2) is 14.8 Å². The predicted molar refractivity (Wildman–Crippen MR) is 121 cm³/mol. The van der Waals surface area contributed by atoms with E-state index in [1.165, 1.54) is 0 Å². The summed E-state index contributed by atoms with van der Waals surface area (Å²) in [6.07, 6.45) is 5.38. The normalized spacial score (nSPS) is 10.5. The maximum Gasteiger partial charge on any atom is 0.323 e.